The van der Waals surface area contributed by atoms with Gasteiger partial charge in [0.05, 0.1) is 11.7 Å². The van der Waals surface area contributed by atoms with Crippen molar-refractivity contribution in [2.45, 2.75) is 13.0 Å². The van der Waals surface area contributed by atoms with E-state index in [9.17, 15) is 4.79 Å². The highest BCUT2D eigenvalue weighted by Crippen LogP contribution is 2.24. The SMILES string of the molecule is CC(N)C(=O)Nc1ccc(N=Nc2ccccc2)c(N)n1. The Balaban J connectivity index is 2.13. The van der Waals surface area contributed by atoms with Crippen molar-refractivity contribution in [1.82, 2.24) is 4.98 Å². The Kier molecular flexibility index (Phi) is 4.57. The van der Waals surface area contributed by atoms with Gasteiger partial charge in [-0.1, -0.05) is 18.2 Å². The second-order valence-corrected chi connectivity index (χ2v) is 4.41. The van der Waals surface area contributed by atoms with Crippen LogP contribution in [-0.4, -0.2) is 16.9 Å². The minimum absolute atomic E-state index is 0.178. The van der Waals surface area contributed by atoms with Gasteiger partial charge in [-0.05, 0) is 31.2 Å². The van der Waals surface area contributed by atoms with E-state index in [1.54, 1.807) is 19.1 Å². The number of hydrogen-bond donors (Lipinski definition) is 3. The Morgan fingerprint density at radius 2 is 1.90 bits per heavy atom. The van der Waals surface area contributed by atoms with E-state index in [-0.39, 0.29) is 11.7 Å². The molecule has 0 fully saturated rings. The standard InChI is InChI=1S/C14H16N6O/c1-9(15)14(21)18-12-8-7-11(13(16)17-12)20-19-10-5-3-2-4-6-10/h2-9H,15H2,1H3,(H3,16,17,18,21). The Bertz CT molecular complexity index is 654. The number of anilines is 2. The highest BCUT2D eigenvalue weighted by atomic mass is 16.2. The molecule has 2 aromatic rings. The molecule has 5 N–H and O–H groups in total. The van der Waals surface area contributed by atoms with E-state index in [1.165, 1.54) is 0 Å². The molecule has 0 bridgehead atoms. The van der Waals surface area contributed by atoms with Crippen LogP contribution in [0.1, 0.15) is 6.92 Å². The third-order valence-electron chi connectivity index (χ3n) is 2.60. The molecule has 0 aliphatic carbocycles. The van der Waals surface area contributed by atoms with E-state index in [4.69, 9.17) is 11.5 Å². The van der Waals surface area contributed by atoms with E-state index in [1.807, 2.05) is 30.3 Å². The molecule has 21 heavy (non-hydrogen) atoms. The Labute approximate surface area is 122 Å². The number of benzene rings is 1. The van der Waals surface area contributed by atoms with Gasteiger partial charge >= 0.3 is 0 Å². The van der Waals surface area contributed by atoms with E-state index in [2.05, 4.69) is 20.5 Å². The summed E-state index contributed by atoms with van der Waals surface area (Å²) >= 11 is 0. The molecule has 0 aliphatic rings. The molecule has 0 spiro atoms. The van der Waals surface area contributed by atoms with Gasteiger partial charge in [-0.15, -0.1) is 5.11 Å². The summed E-state index contributed by atoms with van der Waals surface area (Å²) in [5.41, 5.74) is 12.4. The fraction of sp³-hybridized carbons (Fsp3) is 0.143. The van der Waals surface area contributed by atoms with Crippen LogP contribution in [0, 0.1) is 0 Å². The Hall–Kier alpha value is -2.80. The molecule has 1 aromatic carbocycles. The largest absolute Gasteiger partial charge is 0.382 e. The van der Waals surface area contributed by atoms with Gasteiger partial charge < -0.3 is 16.8 Å². The van der Waals surface area contributed by atoms with E-state index >= 15 is 0 Å². The summed E-state index contributed by atoms with van der Waals surface area (Å²) in [7, 11) is 0. The summed E-state index contributed by atoms with van der Waals surface area (Å²) in [6.07, 6.45) is 0. The molecule has 108 valence electrons. The number of carbonyl (C=O) groups is 1. The van der Waals surface area contributed by atoms with E-state index < -0.39 is 6.04 Å². The first-order valence-corrected chi connectivity index (χ1v) is 6.36. The van der Waals surface area contributed by atoms with Crippen molar-refractivity contribution in [3.8, 4) is 0 Å². The molecule has 1 unspecified atom stereocenters. The quantitative estimate of drug-likeness (QED) is 0.746. The lowest BCUT2D eigenvalue weighted by Gasteiger charge is -2.07. The number of pyridine rings is 1. The minimum Gasteiger partial charge on any atom is -0.382 e. The molecule has 1 amide bonds. The highest BCUT2D eigenvalue weighted by molar-refractivity contribution is 5.93. The number of rotatable bonds is 4. The number of carbonyl (C=O) groups excluding carboxylic acids is 1. The van der Waals surface area contributed by atoms with Crippen LogP contribution in [-0.2, 0) is 4.79 Å². The summed E-state index contributed by atoms with van der Waals surface area (Å²) in [5, 5.41) is 10.6. The Morgan fingerprint density at radius 3 is 2.52 bits per heavy atom. The smallest absolute Gasteiger partial charge is 0.242 e. The summed E-state index contributed by atoms with van der Waals surface area (Å²) in [6.45, 7) is 1.58. The Morgan fingerprint density at radius 1 is 1.19 bits per heavy atom. The third kappa shape index (κ3) is 4.08. The number of aromatic nitrogens is 1. The number of nitrogens with two attached hydrogens (primary N) is 2. The number of hydrogen-bond acceptors (Lipinski definition) is 6. The van der Waals surface area contributed by atoms with Crippen LogP contribution in [0.15, 0.2) is 52.7 Å². The van der Waals surface area contributed by atoms with Crippen LogP contribution < -0.4 is 16.8 Å². The average Bonchev–Trinajstić information content (AvgIpc) is 2.47. The summed E-state index contributed by atoms with van der Waals surface area (Å²) in [4.78, 5) is 15.5. The van der Waals surface area contributed by atoms with Crippen molar-refractivity contribution in [2.75, 3.05) is 11.1 Å². The lowest BCUT2D eigenvalue weighted by atomic mass is 10.3. The molecule has 0 radical (unpaired) electrons. The zero-order chi connectivity index (χ0) is 15.2. The molecule has 0 aliphatic heterocycles. The van der Waals surface area contributed by atoms with Gasteiger partial charge in [-0.2, -0.15) is 5.11 Å². The van der Waals surface area contributed by atoms with Crippen molar-refractivity contribution in [3.05, 3.63) is 42.5 Å². The van der Waals surface area contributed by atoms with Crippen molar-refractivity contribution in [1.29, 1.82) is 0 Å². The van der Waals surface area contributed by atoms with Crippen LogP contribution in [0.2, 0.25) is 0 Å². The number of nitrogens with one attached hydrogen (secondary N) is 1. The second kappa shape index (κ2) is 6.58. The zero-order valence-electron chi connectivity index (χ0n) is 11.5. The normalized spacial score (nSPS) is 12.3. The van der Waals surface area contributed by atoms with Gasteiger partial charge in [0.2, 0.25) is 5.91 Å². The maximum Gasteiger partial charge on any atom is 0.242 e. The summed E-state index contributed by atoms with van der Waals surface area (Å²) < 4.78 is 0. The predicted octanol–water partition coefficient (Wildman–Crippen LogP) is 2.36. The molecule has 1 heterocycles. The topological polar surface area (TPSA) is 119 Å². The maximum atomic E-state index is 11.5. The monoisotopic (exact) mass is 284 g/mol. The third-order valence-corrected chi connectivity index (χ3v) is 2.60. The van der Waals surface area contributed by atoms with Gasteiger partial charge in [-0.25, -0.2) is 4.98 Å². The molecular weight excluding hydrogens is 268 g/mol. The molecule has 7 nitrogen and oxygen atoms in total. The number of nitrogens with zero attached hydrogens (tertiary/aromatic N) is 3. The van der Waals surface area contributed by atoms with Gasteiger partial charge in [0.25, 0.3) is 0 Å². The maximum absolute atomic E-state index is 11.5. The van der Waals surface area contributed by atoms with E-state index in [0.717, 1.165) is 0 Å². The second-order valence-electron chi connectivity index (χ2n) is 4.41. The zero-order valence-corrected chi connectivity index (χ0v) is 11.5. The first kappa shape index (κ1) is 14.6. The first-order valence-electron chi connectivity index (χ1n) is 6.36. The molecule has 7 heteroatoms. The molecular formula is C14H16N6O. The van der Waals surface area contributed by atoms with Crippen molar-refractivity contribution in [3.63, 3.8) is 0 Å². The summed E-state index contributed by atoms with van der Waals surface area (Å²) in [5.74, 6) is 0.172. The minimum atomic E-state index is -0.620. The van der Waals surface area contributed by atoms with Gasteiger partial charge in [0, 0.05) is 0 Å². The molecule has 0 saturated carbocycles. The number of azo groups is 1. The van der Waals surface area contributed by atoms with Crippen molar-refractivity contribution >= 4 is 28.9 Å². The molecule has 2 rings (SSSR count). The summed E-state index contributed by atoms with van der Waals surface area (Å²) in [6, 6.07) is 11.9. The highest BCUT2D eigenvalue weighted by Gasteiger charge is 2.09. The molecule has 1 aromatic heterocycles. The molecule has 0 saturated heterocycles. The fourth-order valence-electron chi connectivity index (χ4n) is 1.47. The van der Waals surface area contributed by atoms with Gasteiger partial charge in [0.15, 0.2) is 5.82 Å². The predicted molar refractivity (Wildman–Crippen MR) is 81.5 cm³/mol. The van der Waals surface area contributed by atoms with Crippen LogP contribution in [0.3, 0.4) is 0 Å². The van der Waals surface area contributed by atoms with Gasteiger partial charge in [0.1, 0.15) is 11.5 Å². The van der Waals surface area contributed by atoms with Crippen LogP contribution in [0.4, 0.5) is 23.0 Å². The lowest BCUT2D eigenvalue weighted by molar-refractivity contribution is -0.117. The first-order chi connectivity index (χ1) is 10.1. The van der Waals surface area contributed by atoms with Crippen LogP contribution in [0.5, 0.6) is 0 Å². The van der Waals surface area contributed by atoms with Crippen LogP contribution in [0.25, 0.3) is 0 Å². The van der Waals surface area contributed by atoms with E-state index in [0.29, 0.717) is 17.2 Å². The fourth-order valence-corrected chi connectivity index (χ4v) is 1.47. The lowest BCUT2D eigenvalue weighted by Crippen LogP contribution is -2.32. The number of nitrogen functional groups attached to an aromatic ring is 1. The van der Waals surface area contributed by atoms with Crippen molar-refractivity contribution in [2.24, 2.45) is 16.0 Å². The number of amides is 1. The van der Waals surface area contributed by atoms with Gasteiger partial charge in [-0.3, -0.25) is 4.79 Å². The molecule has 1 atom stereocenters. The van der Waals surface area contributed by atoms with Crippen LogP contribution >= 0.6 is 0 Å². The van der Waals surface area contributed by atoms with Crippen molar-refractivity contribution < 1.29 is 4.79 Å². The average molecular weight is 284 g/mol.